The van der Waals surface area contributed by atoms with Gasteiger partial charge in [0.1, 0.15) is 0 Å². The Morgan fingerprint density at radius 2 is 1.87 bits per heavy atom. The summed E-state index contributed by atoms with van der Waals surface area (Å²) in [7, 11) is 1.90. The van der Waals surface area contributed by atoms with Crippen LogP contribution in [0.2, 0.25) is 0 Å². The molecule has 1 atom stereocenters. The molecule has 154 valence electrons. The number of thioether (sulfide) groups is 1. The van der Waals surface area contributed by atoms with Gasteiger partial charge < -0.3 is 9.88 Å². The molecule has 0 radical (unpaired) electrons. The summed E-state index contributed by atoms with van der Waals surface area (Å²) in [6, 6.07) is 17.3. The highest BCUT2D eigenvalue weighted by Crippen LogP contribution is 2.28. The zero-order valence-corrected chi connectivity index (χ0v) is 18.6. The van der Waals surface area contributed by atoms with Gasteiger partial charge >= 0.3 is 0 Å². The average molecular weight is 420 g/mol. The van der Waals surface area contributed by atoms with E-state index in [4.69, 9.17) is 5.26 Å². The highest BCUT2D eigenvalue weighted by Gasteiger charge is 2.20. The largest absolute Gasteiger partial charge is 0.325 e. The highest BCUT2D eigenvalue weighted by molar-refractivity contribution is 8.00. The van der Waals surface area contributed by atoms with Gasteiger partial charge in [0.15, 0.2) is 11.0 Å². The summed E-state index contributed by atoms with van der Waals surface area (Å²) in [6.07, 6.45) is 0. The van der Waals surface area contributed by atoms with Crippen LogP contribution in [0.25, 0.3) is 11.4 Å². The summed E-state index contributed by atoms with van der Waals surface area (Å²) >= 11 is 1.34. The number of aromatic nitrogens is 3. The van der Waals surface area contributed by atoms with Crippen molar-refractivity contribution in [1.29, 1.82) is 5.26 Å². The molecule has 1 aromatic heterocycles. The van der Waals surface area contributed by atoms with Crippen LogP contribution >= 0.6 is 11.8 Å². The van der Waals surface area contributed by atoms with Crippen molar-refractivity contribution in [3.8, 4) is 17.5 Å². The number of carbonyl (C=O) groups is 1. The van der Waals surface area contributed by atoms with Gasteiger partial charge in [-0.25, -0.2) is 0 Å². The lowest BCUT2D eigenvalue weighted by molar-refractivity contribution is -0.115. The summed E-state index contributed by atoms with van der Waals surface area (Å²) in [5.74, 6) is 0.599. The first-order chi connectivity index (χ1) is 14.2. The van der Waals surface area contributed by atoms with Crippen LogP contribution in [0.1, 0.15) is 38.8 Å². The van der Waals surface area contributed by atoms with Crippen LogP contribution in [0, 0.1) is 11.3 Å². The molecule has 7 heteroatoms. The third-order valence-corrected chi connectivity index (χ3v) is 5.89. The van der Waals surface area contributed by atoms with E-state index in [1.807, 2.05) is 18.5 Å². The molecule has 0 saturated carbocycles. The molecule has 6 nitrogen and oxygen atoms in total. The maximum atomic E-state index is 12.6. The number of hydrogen-bond acceptors (Lipinski definition) is 5. The fourth-order valence-corrected chi connectivity index (χ4v) is 3.72. The summed E-state index contributed by atoms with van der Waals surface area (Å²) in [4.78, 5) is 12.6. The minimum Gasteiger partial charge on any atom is -0.325 e. The minimum absolute atomic E-state index is 0.0922. The Morgan fingerprint density at radius 3 is 2.50 bits per heavy atom. The lowest BCUT2D eigenvalue weighted by Crippen LogP contribution is -2.22. The zero-order chi connectivity index (χ0) is 21.9. The molecule has 0 fully saturated rings. The van der Waals surface area contributed by atoms with Crippen molar-refractivity contribution in [2.24, 2.45) is 7.05 Å². The molecule has 0 bridgehead atoms. The van der Waals surface area contributed by atoms with Gasteiger partial charge in [0.25, 0.3) is 0 Å². The van der Waals surface area contributed by atoms with Crippen LogP contribution in [0.3, 0.4) is 0 Å². The molecular weight excluding hydrogens is 394 g/mol. The van der Waals surface area contributed by atoms with E-state index in [0.717, 1.165) is 11.4 Å². The first-order valence-electron chi connectivity index (χ1n) is 9.67. The van der Waals surface area contributed by atoms with Gasteiger partial charge in [0.05, 0.1) is 16.9 Å². The first-order valence-corrected chi connectivity index (χ1v) is 10.5. The van der Waals surface area contributed by atoms with Crippen LogP contribution in [0.5, 0.6) is 0 Å². The van der Waals surface area contributed by atoms with Gasteiger partial charge in [-0.05, 0) is 36.1 Å². The predicted molar refractivity (Wildman–Crippen MR) is 120 cm³/mol. The van der Waals surface area contributed by atoms with Gasteiger partial charge in [0.2, 0.25) is 5.91 Å². The second-order valence-electron chi connectivity index (χ2n) is 8.13. The summed E-state index contributed by atoms with van der Waals surface area (Å²) in [5.41, 5.74) is 3.44. The first kappa shape index (κ1) is 21.6. The van der Waals surface area contributed by atoms with Crippen LogP contribution in [0.15, 0.2) is 53.7 Å². The van der Waals surface area contributed by atoms with E-state index in [0.29, 0.717) is 16.4 Å². The van der Waals surface area contributed by atoms with Crippen molar-refractivity contribution < 1.29 is 4.79 Å². The number of rotatable bonds is 5. The minimum atomic E-state index is -0.380. The number of nitrogens with one attached hydrogen (secondary N) is 1. The molecular formula is C23H25N5OS. The predicted octanol–water partition coefficient (Wildman–Crippen LogP) is 4.77. The van der Waals surface area contributed by atoms with E-state index in [1.54, 1.807) is 24.3 Å². The molecule has 0 aliphatic rings. The molecule has 0 saturated heterocycles. The number of hydrogen-bond donors (Lipinski definition) is 1. The highest BCUT2D eigenvalue weighted by atomic mass is 32.2. The van der Waals surface area contributed by atoms with Gasteiger partial charge in [-0.3, -0.25) is 4.79 Å². The Kier molecular flexibility index (Phi) is 6.28. The Hall–Kier alpha value is -3.11. The lowest BCUT2D eigenvalue weighted by atomic mass is 9.87. The molecule has 30 heavy (non-hydrogen) atoms. The fraction of sp³-hybridized carbons (Fsp3) is 0.304. The van der Waals surface area contributed by atoms with E-state index >= 15 is 0 Å². The number of amides is 1. The molecule has 0 aliphatic heterocycles. The third kappa shape index (κ3) is 4.89. The Labute approximate surface area is 181 Å². The van der Waals surface area contributed by atoms with Crippen molar-refractivity contribution in [2.75, 3.05) is 5.32 Å². The number of carbonyl (C=O) groups excluding carboxylic acids is 1. The smallest absolute Gasteiger partial charge is 0.237 e. The molecule has 0 spiro atoms. The Morgan fingerprint density at radius 1 is 1.17 bits per heavy atom. The topological polar surface area (TPSA) is 83.6 Å². The van der Waals surface area contributed by atoms with Gasteiger partial charge in [0, 0.05) is 18.3 Å². The van der Waals surface area contributed by atoms with Crippen molar-refractivity contribution >= 4 is 23.4 Å². The van der Waals surface area contributed by atoms with Crippen LogP contribution in [0.4, 0.5) is 5.69 Å². The maximum Gasteiger partial charge on any atom is 0.237 e. The number of nitrogens with zero attached hydrogens (tertiary/aromatic N) is 4. The number of anilines is 1. The van der Waals surface area contributed by atoms with E-state index < -0.39 is 0 Å². The molecule has 2 aromatic carbocycles. The number of benzene rings is 2. The molecule has 1 N–H and O–H groups in total. The monoisotopic (exact) mass is 419 g/mol. The molecule has 3 rings (SSSR count). The van der Waals surface area contributed by atoms with Gasteiger partial charge in [-0.2, -0.15) is 5.26 Å². The second kappa shape index (κ2) is 8.72. The quantitative estimate of drug-likeness (QED) is 0.602. The molecule has 1 heterocycles. The number of nitriles is 1. The average Bonchev–Trinajstić information content (AvgIpc) is 3.07. The summed E-state index contributed by atoms with van der Waals surface area (Å²) in [6.45, 7) is 8.37. The van der Waals surface area contributed by atoms with Crippen LogP contribution < -0.4 is 5.32 Å². The van der Waals surface area contributed by atoms with Crippen molar-refractivity contribution in [3.63, 3.8) is 0 Å². The van der Waals surface area contributed by atoms with Crippen molar-refractivity contribution in [2.45, 2.75) is 43.5 Å². The van der Waals surface area contributed by atoms with E-state index in [9.17, 15) is 4.79 Å². The third-order valence-electron chi connectivity index (χ3n) is 4.75. The SMILES string of the molecule is C[C@H](Sc1nnc(-c2ccc(C(C)(C)C)cc2)n1C)C(=O)Nc1cccc(C#N)c1. The second-order valence-corrected chi connectivity index (χ2v) is 9.44. The van der Waals surface area contributed by atoms with Gasteiger partial charge in [-0.15, -0.1) is 10.2 Å². The van der Waals surface area contributed by atoms with E-state index in [-0.39, 0.29) is 16.6 Å². The van der Waals surface area contributed by atoms with Crippen LogP contribution in [-0.4, -0.2) is 25.9 Å². The normalized spacial score (nSPS) is 12.3. The Bertz CT molecular complexity index is 1090. The zero-order valence-electron chi connectivity index (χ0n) is 17.8. The molecule has 0 unspecified atom stereocenters. The van der Waals surface area contributed by atoms with E-state index in [2.05, 4.69) is 66.6 Å². The summed E-state index contributed by atoms with van der Waals surface area (Å²) < 4.78 is 1.90. The molecule has 0 aliphatic carbocycles. The lowest BCUT2D eigenvalue weighted by Gasteiger charge is -2.19. The van der Waals surface area contributed by atoms with Crippen LogP contribution in [-0.2, 0) is 17.3 Å². The Balaban J connectivity index is 1.71. The van der Waals surface area contributed by atoms with Crippen molar-refractivity contribution in [1.82, 2.24) is 14.8 Å². The maximum absolute atomic E-state index is 12.6. The fourth-order valence-electron chi connectivity index (χ4n) is 2.91. The molecule has 1 amide bonds. The standard InChI is InChI=1S/C23H25N5OS/c1-15(21(29)25-19-8-6-7-16(13-19)14-24)30-22-27-26-20(28(22)5)17-9-11-18(12-10-17)23(2,3)4/h6-13,15H,1-5H3,(H,25,29)/t15-/m0/s1. The van der Waals surface area contributed by atoms with Crippen molar-refractivity contribution in [3.05, 3.63) is 59.7 Å². The van der Waals surface area contributed by atoms with E-state index in [1.165, 1.54) is 17.3 Å². The summed E-state index contributed by atoms with van der Waals surface area (Å²) in [5, 5.41) is 20.7. The van der Waals surface area contributed by atoms with Gasteiger partial charge in [-0.1, -0.05) is 62.9 Å². The molecule has 3 aromatic rings.